The van der Waals surface area contributed by atoms with Crippen molar-refractivity contribution in [2.45, 2.75) is 45.7 Å². The summed E-state index contributed by atoms with van der Waals surface area (Å²) in [5.74, 6) is 1.08. The number of rotatable bonds is 4. The molecule has 1 aromatic carbocycles. The van der Waals surface area contributed by atoms with Crippen LogP contribution < -0.4 is 10.1 Å². The molecule has 0 fully saturated rings. The molecule has 0 heterocycles. The zero-order valence-electron chi connectivity index (χ0n) is 10.4. The lowest BCUT2D eigenvalue weighted by Gasteiger charge is -2.17. The van der Waals surface area contributed by atoms with Crippen LogP contribution in [0.3, 0.4) is 0 Å². The number of nitrogens with one attached hydrogen (secondary N) is 1. The van der Waals surface area contributed by atoms with Gasteiger partial charge in [-0.15, -0.1) is 0 Å². The van der Waals surface area contributed by atoms with Crippen LogP contribution in [0.5, 0.6) is 5.75 Å². The minimum atomic E-state index is 0.510. The van der Waals surface area contributed by atoms with Gasteiger partial charge in [-0.2, -0.15) is 0 Å². The first-order valence-corrected chi connectivity index (χ1v) is 6.23. The summed E-state index contributed by atoms with van der Waals surface area (Å²) in [5.41, 5.74) is 2.84. The van der Waals surface area contributed by atoms with Gasteiger partial charge in [0.15, 0.2) is 0 Å². The second-order valence-corrected chi connectivity index (χ2v) is 4.67. The van der Waals surface area contributed by atoms with Gasteiger partial charge in [0.25, 0.3) is 0 Å². The molecular formula is C14H21NO. The maximum Gasteiger partial charge on any atom is 0.122 e. The van der Waals surface area contributed by atoms with Crippen molar-refractivity contribution in [3.05, 3.63) is 29.3 Å². The molecule has 16 heavy (non-hydrogen) atoms. The molecule has 0 aliphatic heterocycles. The predicted octanol–water partition coefficient (Wildman–Crippen LogP) is 3.07. The Morgan fingerprint density at radius 2 is 2.25 bits per heavy atom. The van der Waals surface area contributed by atoms with Crippen molar-refractivity contribution in [1.82, 2.24) is 5.32 Å². The van der Waals surface area contributed by atoms with E-state index in [9.17, 15) is 0 Å². The van der Waals surface area contributed by atoms with Crippen molar-refractivity contribution in [1.29, 1.82) is 0 Å². The summed E-state index contributed by atoms with van der Waals surface area (Å²) in [7, 11) is 0. The molecule has 1 N–H and O–H groups in total. The third-order valence-electron chi connectivity index (χ3n) is 3.06. The van der Waals surface area contributed by atoms with Crippen LogP contribution in [-0.2, 0) is 6.42 Å². The van der Waals surface area contributed by atoms with E-state index in [1.807, 2.05) is 6.92 Å². The van der Waals surface area contributed by atoms with Crippen LogP contribution in [0.15, 0.2) is 18.2 Å². The molecule has 88 valence electrons. The van der Waals surface area contributed by atoms with Crippen molar-refractivity contribution in [3.8, 4) is 5.75 Å². The van der Waals surface area contributed by atoms with Crippen LogP contribution in [0.1, 0.15) is 44.4 Å². The lowest BCUT2D eigenvalue weighted by molar-refractivity contribution is 0.337. The van der Waals surface area contributed by atoms with Gasteiger partial charge in [-0.1, -0.05) is 26.0 Å². The largest absolute Gasteiger partial charge is 0.494 e. The average Bonchev–Trinajstić information content (AvgIpc) is 2.63. The summed E-state index contributed by atoms with van der Waals surface area (Å²) in [6.45, 7) is 7.19. The Morgan fingerprint density at radius 3 is 2.94 bits per heavy atom. The molecule has 2 rings (SSSR count). The van der Waals surface area contributed by atoms with Gasteiger partial charge >= 0.3 is 0 Å². The minimum Gasteiger partial charge on any atom is -0.494 e. The van der Waals surface area contributed by atoms with Crippen molar-refractivity contribution in [2.24, 2.45) is 0 Å². The van der Waals surface area contributed by atoms with Crippen LogP contribution in [0.25, 0.3) is 0 Å². The quantitative estimate of drug-likeness (QED) is 0.840. The summed E-state index contributed by atoms with van der Waals surface area (Å²) in [4.78, 5) is 0. The van der Waals surface area contributed by atoms with Gasteiger partial charge in [0, 0.05) is 12.1 Å². The van der Waals surface area contributed by atoms with Gasteiger partial charge in [-0.3, -0.25) is 0 Å². The number of ether oxygens (including phenoxy) is 1. The highest BCUT2D eigenvalue weighted by Crippen LogP contribution is 2.37. The molecule has 1 atom stereocenters. The van der Waals surface area contributed by atoms with E-state index in [-0.39, 0.29) is 0 Å². The highest BCUT2D eigenvalue weighted by molar-refractivity contribution is 5.45. The Balaban J connectivity index is 2.23. The van der Waals surface area contributed by atoms with E-state index in [4.69, 9.17) is 4.74 Å². The van der Waals surface area contributed by atoms with Gasteiger partial charge in [-0.05, 0) is 37.0 Å². The van der Waals surface area contributed by atoms with Crippen molar-refractivity contribution < 1.29 is 4.74 Å². The van der Waals surface area contributed by atoms with Crippen molar-refractivity contribution in [2.75, 3.05) is 6.61 Å². The second-order valence-electron chi connectivity index (χ2n) is 4.67. The minimum absolute atomic E-state index is 0.510. The summed E-state index contributed by atoms with van der Waals surface area (Å²) < 4.78 is 5.67. The molecule has 1 aromatic rings. The maximum absolute atomic E-state index is 5.67. The van der Waals surface area contributed by atoms with E-state index in [0.717, 1.165) is 18.8 Å². The number of benzene rings is 1. The summed E-state index contributed by atoms with van der Waals surface area (Å²) in [6.07, 6.45) is 2.33. The Kier molecular flexibility index (Phi) is 3.49. The first-order valence-electron chi connectivity index (χ1n) is 6.23. The molecule has 2 heteroatoms. The van der Waals surface area contributed by atoms with Crippen molar-refractivity contribution in [3.63, 3.8) is 0 Å². The molecule has 0 saturated carbocycles. The van der Waals surface area contributed by atoms with E-state index in [0.29, 0.717) is 12.1 Å². The first kappa shape index (κ1) is 11.5. The van der Waals surface area contributed by atoms with E-state index in [1.54, 1.807) is 0 Å². The highest BCUT2D eigenvalue weighted by Gasteiger charge is 2.25. The average molecular weight is 219 g/mol. The summed E-state index contributed by atoms with van der Waals surface area (Å²) >= 11 is 0. The van der Waals surface area contributed by atoms with E-state index >= 15 is 0 Å². The van der Waals surface area contributed by atoms with E-state index < -0.39 is 0 Å². The summed E-state index contributed by atoms with van der Waals surface area (Å²) in [6, 6.07) is 7.46. The fraction of sp³-hybridized carbons (Fsp3) is 0.571. The lowest BCUT2D eigenvalue weighted by atomic mass is 10.1. The molecule has 0 saturated heterocycles. The number of hydrogen-bond acceptors (Lipinski definition) is 2. The lowest BCUT2D eigenvalue weighted by Crippen LogP contribution is -2.26. The third kappa shape index (κ3) is 2.22. The predicted molar refractivity (Wildman–Crippen MR) is 66.9 cm³/mol. The SMILES string of the molecule is CCOc1cccc2c1CCC2NC(C)C. The molecule has 0 radical (unpaired) electrons. The Labute approximate surface area is 98.0 Å². The van der Waals surface area contributed by atoms with Crippen LogP contribution >= 0.6 is 0 Å². The Bertz CT molecular complexity index is 360. The molecule has 1 unspecified atom stereocenters. The molecule has 0 aromatic heterocycles. The second kappa shape index (κ2) is 4.88. The molecular weight excluding hydrogens is 198 g/mol. The molecule has 0 amide bonds. The molecule has 2 nitrogen and oxygen atoms in total. The number of hydrogen-bond donors (Lipinski definition) is 1. The Hall–Kier alpha value is -1.02. The van der Waals surface area contributed by atoms with Crippen LogP contribution in [0, 0.1) is 0 Å². The van der Waals surface area contributed by atoms with Crippen LogP contribution in [-0.4, -0.2) is 12.6 Å². The van der Waals surface area contributed by atoms with Gasteiger partial charge in [0.05, 0.1) is 6.61 Å². The van der Waals surface area contributed by atoms with Gasteiger partial charge < -0.3 is 10.1 Å². The van der Waals surface area contributed by atoms with E-state index in [2.05, 4.69) is 37.4 Å². The van der Waals surface area contributed by atoms with Gasteiger partial charge in [-0.25, -0.2) is 0 Å². The molecule has 0 spiro atoms. The molecule has 0 bridgehead atoms. The number of fused-ring (bicyclic) bond motifs is 1. The Morgan fingerprint density at radius 1 is 1.44 bits per heavy atom. The fourth-order valence-corrected chi connectivity index (χ4v) is 2.49. The zero-order valence-corrected chi connectivity index (χ0v) is 10.4. The van der Waals surface area contributed by atoms with E-state index in [1.165, 1.54) is 17.5 Å². The topological polar surface area (TPSA) is 21.3 Å². The highest BCUT2D eigenvalue weighted by atomic mass is 16.5. The normalized spacial score (nSPS) is 18.9. The zero-order chi connectivity index (χ0) is 11.5. The smallest absolute Gasteiger partial charge is 0.122 e. The standard InChI is InChI=1S/C14H21NO/c1-4-16-14-7-5-6-11-12(14)8-9-13(11)15-10(2)3/h5-7,10,13,15H,4,8-9H2,1-3H3. The maximum atomic E-state index is 5.67. The van der Waals surface area contributed by atoms with Crippen molar-refractivity contribution >= 4 is 0 Å². The van der Waals surface area contributed by atoms with Crippen LogP contribution in [0.2, 0.25) is 0 Å². The molecule has 1 aliphatic rings. The van der Waals surface area contributed by atoms with Gasteiger partial charge in [0.2, 0.25) is 0 Å². The monoisotopic (exact) mass is 219 g/mol. The van der Waals surface area contributed by atoms with Gasteiger partial charge in [0.1, 0.15) is 5.75 Å². The van der Waals surface area contributed by atoms with Crippen LogP contribution in [0.4, 0.5) is 0 Å². The fourth-order valence-electron chi connectivity index (χ4n) is 2.49. The molecule has 1 aliphatic carbocycles. The third-order valence-corrected chi connectivity index (χ3v) is 3.06. The summed E-state index contributed by atoms with van der Waals surface area (Å²) in [5, 5.41) is 3.61. The first-order chi connectivity index (χ1) is 7.72.